The third kappa shape index (κ3) is 2.91. The summed E-state index contributed by atoms with van der Waals surface area (Å²) in [5, 5.41) is 2.60. The summed E-state index contributed by atoms with van der Waals surface area (Å²) in [6.45, 7) is 0.0678. The first-order valence-corrected chi connectivity index (χ1v) is 3.94. The number of benzene rings is 1. The molecule has 0 fully saturated rings. The molecule has 3 N–H and O–H groups in total. The quantitative estimate of drug-likeness (QED) is 0.753. The van der Waals surface area contributed by atoms with Gasteiger partial charge in [-0.2, -0.15) is 0 Å². The van der Waals surface area contributed by atoms with E-state index in [1.54, 1.807) is 6.07 Å². The van der Waals surface area contributed by atoms with Crippen molar-refractivity contribution < 1.29 is 9.18 Å². The molecule has 0 atom stereocenters. The summed E-state index contributed by atoms with van der Waals surface area (Å²) in [5.41, 5.74) is 5.17. The summed E-state index contributed by atoms with van der Waals surface area (Å²) in [6, 6.07) is 3.53. The molecule has 2 amide bonds. The second kappa shape index (κ2) is 4.09. The van der Waals surface area contributed by atoms with Gasteiger partial charge < -0.3 is 11.1 Å². The highest BCUT2D eigenvalue weighted by atomic mass is 35.5. The number of carbonyl (C=O) groups is 1. The number of nitrogens with two attached hydrogens (primary N) is 1. The molecule has 1 aromatic carbocycles. The molecule has 0 heterocycles. The molecule has 0 aliphatic carbocycles. The van der Waals surface area contributed by atoms with Gasteiger partial charge in [0.15, 0.2) is 0 Å². The molecule has 5 heteroatoms. The number of amides is 2. The molecule has 1 aromatic rings. The van der Waals surface area contributed by atoms with E-state index in [0.29, 0.717) is 10.6 Å². The molecule has 0 saturated heterocycles. The van der Waals surface area contributed by atoms with E-state index in [-0.39, 0.29) is 6.54 Å². The molecule has 0 radical (unpaired) electrons. The third-order valence-corrected chi connectivity index (χ3v) is 1.70. The van der Waals surface area contributed by atoms with Crippen molar-refractivity contribution in [3.8, 4) is 0 Å². The molecule has 0 saturated carbocycles. The van der Waals surface area contributed by atoms with Crippen LogP contribution < -0.4 is 11.1 Å². The van der Waals surface area contributed by atoms with Crippen molar-refractivity contribution in [1.29, 1.82) is 0 Å². The maximum Gasteiger partial charge on any atom is 0.312 e. The van der Waals surface area contributed by atoms with Crippen LogP contribution in [0.15, 0.2) is 18.2 Å². The summed E-state index contributed by atoms with van der Waals surface area (Å²) in [4.78, 5) is 10.3. The molecule has 0 bridgehead atoms. The topological polar surface area (TPSA) is 55.1 Å². The number of hydrogen-bond donors (Lipinski definition) is 2. The van der Waals surface area contributed by atoms with Crippen molar-refractivity contribution in [3.05, 3.63) is 34.6 Å². The van der Waals surface area contributed by atoms with Crippen molar-refractivity contribution in [1.82, 2.24) is 5.32 Å². The average molecular weight is 203 g/mol. The predicted molar refractivity (Wildman–Crippen MR) is 47.8 cm³/mol. The van der Waals surface area contributed by atoms with Crippen LogP contribution in [0.1, 0.15) is 5.56 Å². The predicted octanol–water partition coefficient (Wildman–Crippen LogP) is 1.65. The van der Waals surface area contributed by atoms with Gasteiger partial charge in [0.1, 0.15) is 5.82 Å². The second-order valence-electron chi connectivity index (χ2n) is 2.45. The summed E-state index contributed by atoms with van der Waals surface area (Å²) >= 11 is 5.53. The largest absolute Gasteiger partial charge is 0.352 e. The molecular formula is C8H8ClFN2O. The molecule has 3 nitrogen and oxygen atoms in total. The first-order valence-electron chi connectivity index (χ1n) is 3.57. The average Bonchev–Trinajstić information content (AvgIpc) is 2.02. The van der Waals surface area contributed by atoms with Crippen molar-refractivity contribution >= 4 is 17.6 Å². The summed E-state index contributed by atoms with van der Waals surface area (Å²) in [7, 11) is 0. The highest BCUT2D eigenvalue weighted by Gasteiger charge is 2.02. The fraction of sp³-hybridized carbons (Fsp3) is 0.125. The third-order valence-electron chi connectivity index (χ3n) is 1.47. The van der Waals surface area contributed by atoms with E-state index >= 15 is 0 Å². The standard InChI is InChI=1S/C8H8ClFN2O/c9-6-2-1-5(7(10)3-6)4-12-8(11)13/h1-3H,4H2,(H3,11,12,13). The van der Waals surface area contributed by atoms with E-state index in [9.17, 15) is 9.18 Å². The van der Waals surface area contributed by atoms with Crippen LogP contribution in [0.25, 0.3) is 0 Å². The second-order valence-corrected chi connectivity index (χ2v) is 2.89. The number of nitrogens with one attached hydrogen (secondary N) is 1. The van der Waals surface area contributed by atoms with E-state index in [2.05, 4.69) is 5.32 Å². The Morgan fingerprint density at radius 1 is 1.62 bits per heavy atom. The van der Waals surface area contributed by atoms with Crippen LogP contribution in [0, 0.1) is 5.82 Å². The van der Waals surface area contributed by atoms with E-state index in [1.165, 1.54) is 12.1 Å². The van der Waals surface area contributed by atoms with E-state index < -0.39 is 11.8 Å². The van der Waals surface area contributed by atoms with Gasteiger partial charge in [0, 0.05) is 17.1 Å². The lowest BCUT2D eigenvalue weighted by molar-refractivity contribution is 0.248. The van der Waals surface area contributed by atoms with Gasteiger partial charge in [-0.3, -0.25) is 0 Å². The Hall–Kier alpha value is -1.29. The summed E-state index contributed by atoms with van der Waals surface area (Å²) in [5.74, 6) is -0.457. The minimum atomic E-state index is -0.686. The van der Waals surface area contributed by atoms with Crippen LogP contribution in [-0.4, -0.2) is 6.03 Å². The van der Waals surface area contributed by atoms with Crippen LogP contribution in [0.4, 0.5) is 9.18 Å². The number of primary amides is 1. The van der Waals surface area contributed by atoms with E-state index in [4.69, 9.17) is 17.3 Å². The highest BCUT2D eigenvalue weighted by Crippen LogP contribution is 2.14. The fourth-order valence-corrected chi connectivity index (χ4v) is 1.01. The van der Waals surface area contributed by atoms with E-state index in [0.717, 1.165) is 0 Å². The Labute approximate surface area is 79.7 Å². The molecule has 1 rings (SSSR count). The van der Waals surface area contributed by atoms with Gasteiger partial charge in [0.2, 0.25) is 0 Å². The van der Waals surface area contributed by atoms with Gasteiger partial charge >= 0.3 is 6.03 Å². The van der Waals surface area contributed by atoms with Crippen molar-refractivity contribution in [3.63, 3.8) is 0 Å². The molecule has 0 spiro atoms. The normalized spacial score (nSPS) is 9.69. The molecule has 0 aliphatic heterocycles. The molecule has 13 heavy (non-hydrogen) atoms. The maximum atomic E-state index is 13.0. The Bertz CT molecular complexity index is 330. The lowest BCUT2D eigenvalue weighted by Gasteiger charge is -2.03. The van der Waals surface area contributed by atoms with Crippen LogP contribution >= 0.6 is 11.6 Å². The Morgan fingerprint density at radius 3 is 2.85 bits per heavy atom. The maximum absolute atomic E-state index is 13.0. The Kier molecular flexibility index (Phi) is 3.08. The Morgan fingerprint density at radius 2 is 2.31 bits per heavy atom. The first-order chi connectivity index (χ1) is 6.09. The van der Waals surface area contributed by atoms with Gasteiger partial charge in [-0.05, 0) is 12.1 Å². The van der Waals surface area contributed by atoms with Gasteiger partial charge in [-0.1, -0.05) is 17.7 Å². The van der Waals surface area contributed by atoms with Crippen LogP contribution in [-0.2, 0) is 6.54 Å². The zero-order valence-electron chi connectivity index (χ0n) is 6.68. The first kappa shape index (κ1) is 9.80. The van der Waals surface area contributed by atoms with Crippen molar-refractivity contribution in [2.45, 2.75) is 6.54 Å². The molecule has 70 valence electrons. The van der Waals surface area contributed by atoms with Gasteiger partial charge in [-0.15, -0.1) is 0 Å². The lowest BCUT2D eigenvalue weighted by atomic mass is 10.2. The SMILES string of the molecule is NC(=O)NCc1ccc(Cl)cc1F. The van der Waals surface area contributed by atoms with Gasteiger partial charge in [0.25, 0.3) is 0 Å². The van der Waals surface area contributed by atoms with Crippen LogP contribution in [0.5, 0.6) is 0 Å². The number of urea groups is 1. The minimum absolute atomic E-state index is 0.0678. The summed E-state index contributed by atoms with van der Waals surface area (Å²) < 4.78 is 13.0. The summed E-state index contributed by atoms with van der Waals surface area (Å²) in [6.07, 6.45) is 0. The monoisotopic (exact) mass is 202 g/mol. The molecular weight excluding hydrogens is 195 g/mol. The van der Waals surface area contributed by atoms with Gasteiger partial charge in [-0.25, -0.2) is 9.18 Å². The number of halogens is 2. The smallest absolute Gasteiger partial charge is 0.312 e. The fourth-order valence-electron chi connectivity index (χ4n) is 0.847. The van der Waals surface area contributed by atoms with Crippen LogP contribution in [0.2, 0.25) is 5.02 Å². The van der Waals surface area contributed by atoms with Crippen molar-refractivity contribution in [2.24, 2.45) is 5.73 Å². The number of rotatable bonds is 2. The minimum Gasteiger partial charge on any atom is -0.352 e. The number of carbonyl (C=O) groups excluding carboxylic acids is 1. The van der Waals surface area contributed by atoms with Crippen molar-refractivity contribution in [2.75, 3.05) is 0 Å². The zero-order valence-corrected chi connectivity index (χ0v) is 7.44. The highest BCUT2D eigenvalue weighted by molar-refractivity contribution is 6.30. The Balaban J connectivity index is 2.72. The number of hydrogen-bond acceptors (Lipinski definition) is 1. The van der Waals surface area contributed by atoms with Crippen LogP contribution in [0.3, 0.4) is 0 Å². The molecule has 0 aromatic heterocycles. The van der Waals surface area contributed by atoms with Gasteiger partial charge in [0.05, 0.1) is 0 Å². The molecule has 0 unspecified atom stereocenters. The molecule has 0 aliphatic rings. The lowest BCUT2D eigenvalue weighted by Crippen LogP contribution is -2.28. The zero-order chi connectivity index (χ0) is 9.84. The van der Waals surface area contributed by atoms with E-state index in [1.807, 2.05) is 0 Å².